The van der Waals surface area contributed by atoms with Crippen LogP contribution in [-0.2, 0) is 32.6 Å². The van der Waals surface area contributed by atoms with Crippen molar-refractivity contribution in [2.75, 3.05) is 25.1 Å². The number of hydrogen-bond acceptors (Lipinski definition) is 6. The van der Waals surface area contributed by atoms with Crippen LogP contribution in [0.4, 0.5) is 10.1 Å². The van der Waals surface area contributed by atoms with Crippen LogP contribution in [0.5, 0.6) is 11.5 Å². The van der Waals surface area contributed by atoms with Crippen molar-refractivity contribution < 1.29 is 31.9 Å². The fraction of sp³-hybridized carbons (Fsp3) is 0.316. The van der Waals surface area contributed by atoms with E-state index in [-0.39, 0.29) is 46.3 Å². The van der Waals surface area contributed by atoms with E-state index < -0.39 is 34.3 Å². The van der Waals surface area contributed by atoms with Gasteiger partial charge in [-0.25, -0.2) is 12.8 Å². The quantitative estimate of drug-likeness (QED) is 0.144. The molecule has 0 spiro atoms. The predicted octanol–water partition coefficient (Wildman–Crippen LogP) is 7.43. The molecule has 0 unspecified atom stereocenters. The number of nitrogens with one attached hydrogen (secondary N) is 1. The number of anilines is 1. The van der Waals surface area contributed by atoms with Crippen LogP contribution in [0.3, 0.4) is 0 Å². The van der Waals surface area contributed by atoms with Gasteiger partial charge >= 0.3 is 0 Å². The number of ether oxygens (including phenoxy) is 2. The van der Waals surface area contributed by atoms with Crippen LogP contribution in [0.15, 0.2) is 95.9 Å². The Hall–Kier alpha value is -4.32. The highest BCUT2D eigenvalue weighted by Crippen LogP contribution is 2.33. The Morgan fingerprint density at radius 2 is 1.57 bits per heavy atom. The van der Waals surface area contributed by atoms with Gasteiger partial charge in [-0.2, -0.15) is 0 Å². The molecule has 4 aromatic rings. The minimum atomic E-state index is -4.48. The van der Waals surface area contributed by atoms with Crippen LogP contribution in [0.25, 0.3) is 0 Å². The Kier molecular flexibility index (Phi) is 12.8. The highest BCUT2D eigenvalue weighted by molar-refractivity contribution is 7.92. The molecule has 0 heterocycles. The fourth-order valence-electron chi connectivity index (χ4n) is 6.17. The third kappa shape index (κ3) is 9.52. The molecule has 1 N–H and O–H groups in total. The molecule has 0 saturated heterocycles. The second-order valence-corrected chi connectivity index (χ2v) is 15.0. The molecule has 0 bridgehead atoms. The lowest BCUT2D eigenvalue weighted by Crippen LogP contribution is -2.55. The molecule has 270 valence electrons. The molecule has 1 atom stereocenters. The molecule has 1 saturated carbocycles. The lowest BCUT2D eigenvalue weighted by molar-refractivity contribution is -0.140. The number of hydrogen-bond donors (Lipinski definition) is 1. The lowest BCUT2D eigenvalue weighted by atomic mass is 9.94. The first-order valence-corrected chi connectivity index (χ1v) is 18.8. The van der Waals surface area contributed by atoms with E-state index in [1.165, 1.54) is 49.5 Å². The van der Waals surface area contributed by atoms with Crippen LogP contribution < -0.4 is 19.1 Å². The highest BCUT2D eigenvalue weighted by atomic mass is 35.5. The van der Waals surface area contributed by atoms with Gasteiger partial charge in [0.1, 0.15) is 18.4 Å². The fourth-order valence-corrected chi connectivity index (χ4v) is 8.07. The van der Waals surface area contributed by atoms with E-state index in [2.05, 4.69) is 5.32 Å². The molecule has 4 aromatic carbocycles. The summed E-state index contributed by atoms with van der Waals surface area (Å²) in [4.78, 5) is 30.2. The van der Waals surface area contributed by atoms with Gasteiger partial charge in [0, 0.05) is 35.1 Å². The second kappa shape index (κ2) is 17.3. The van der Waals surface area contributed by atoms with E-state index in [4.69, 9.17) is 32.7 Å². The van der Waals surface area contributed by atoms with Crippen LogP contribution in [0.2, 0.25) is 10.0 Å². The zero-order valence-electron chi connectivity index (χ0n) is 28.4. The molecule has 13 heteroatoms. The van der Waals surface area contributed by atoms with E-state index >= 15 is 0 Å². The first kappa shape index (κ1) is 37.9. The molecule has 51 heavy (non-hydrogen) atoms. The normalized spacial score (nSPS) is 14.0. The average Bonchev–Trinajstić information content (AvgIpc) is 3.13. The molecule has 0 aromatic heterocycles. The number of carbonyl (C=O) groups excluding carboxylic acids is 2. The summed E-state index contributed by atoms with van der Waals surface area (Å²) < 4.78 is 54.4. The van der Waals surface area contributed by atoms with Crippen molar-refractivity contribution in [3.63, 3.8) is 0 Å². The zero-order valence-corrected chi connectivity index (χ0v) is 30.7. The molecule has 2 amide bonds. The number of halogens is 3. The Balaban J connectivity index is 1.59. The van der Waals surface area contributed by atoms with Gasteiger partial charge in [0.05, 0.1) is 24.8 Å². The van der Waals surface area contributed by atoms with Gasteiger partial charge in [-0.1, -0.05) is 78.9 Å². The summed E-state index contributed by atoms with van der Waals surface area (Å²) in [5.74, 6) is -1.17. The first-order chi connectivity index (χ1) is 24.5. The van der Waals surface area contributed by atoms with Crippen LogP contribution in [0.1, 0.15) is 43.2 Å². The molecule has 0 radical (unpaired) electrons. The number of benzene rings is 4. The summed E-state index contributed by atoms with van der Waals surface area (Å²) in [7, 11) is -1.68. The van der Waals surface area contributed by atoms with Gasteiger partial charge in [0.25, 0.3) is 10.0 Å². The minimum Gasteiger partial charge on any atom is -0.493 e. The summed E-state index contributed by atoms with van der Waals surface area (Å²) >= 11 is 12.8. The van der Waals surface area contributed by atoms with Crippen LogP contribution in [-0.4, -0.2) is 58.0 Å². The molecule has 1 aliphatic carbocycles. The Morgan fingerprint density at radius 3 is 2.22 bits per heavy atom. The summed E-state index contributed by atoms with van der Waals surface area (Å²) in [6.45, 7) is -0.854. The number of rotatable bonds is 14. The van der Waals surface area contributed by atoms with Crippen LogP contribution >= 0.6 is 23.2 Å². The minimum absolute atomic E-state index is 0.0373. The smallest absolute Gasteiger partial charge is 0.264 e. The molecule has 9 nitrogen and oxygen atoms in total. The van der Waals surface area contributed by atoms with E-state index in [9.17, 15) is 22.4 Å². The molecule has 1 aliphatic rings. The summed E-state index contributed by atoms with van der Waals surface area (Å²) in [6, 6.07) is 21.9. The SMILES string of the molecule is COc1ccc(S(=O)(=O)N(CC(=O)N(Cc2ccc(Cl)cc2Cl)[C@@H](Cc2ccccc2)C(=O)NC2CCCCC2)c2ccc(F)cc2)cc1OC. The summed E-state index contributed by atoms with van der Waals surface area (Å²) in [5, 5.41) is 3.84. The predicted molar refractivity (Wildman–Crippen MR) is 196 cm³/mol. The van der Waals surface area contributed by atoms with E-state index in [0.29, 0.717) is 16.3 Å². The third-order valence-electron chi connectivity index (χ3n) is 8.91. The topological polar surface area (TPSA) is 105 Å². The lowest BCUT2D eigenvalue weighted by Gasteiger charge is -2.35. The molecular formula is C38H40Cl2FN3O6S. The maximum absolute atomic E-state index is 14.8. The average molecular weight is 757 g/mol. The van der Waals surface area contributed by atoms with Crippen molar-refractivity contribution >= 4 is 50.7 Å². The van der Waals surface area contributed by atoms with Crippen molar-refractivity contribution in [2.45, 2.75) is 62.0 Å². The van der Waals surface area contributed by atoms with Gasteiger partial charge < -0.3 is 19.7 Å². The van der Waals surface area contributed by atoms with Crippen molar-refractivity contribution in [3.05, 3.63) is 118 Å². The first-order valence-electron chi connectivity index (χ1n) is 16.6. The Bertz CT molecular complexity index is 1930. The maximum Gasteiger partial charge on any atom is 0.264 e. The number of nitrogens with zero attached hydrogens (tertiary/aromatic N) is 2. The van der Waals surface area contributed by atoms with Crippen molar-refractivity contribution in [1.82, 2.24) is 10.2 Å². The standard InChI is InChI=1S/C38H40Cl2FN3O6S/c1-49-35-20-19-32(23-36(35)50-2)51(47,48)44(31-17-15-29(41)16-18-31)25-37(45)43(24-27-13-14-28(39)22-33(27)40)34(21-26-9-5-3-6-10-26)38(46)42-30-11-7-4-8-12-30/h3,5-6,9-10,13-20,22-23,30,34H,4,7-8,11-12,21,24-25H2,1-2H3,(H,42,46)/t34-/m0/s1. The second-order valence-electron chi connectivity index (χ2n) is 12.3. The van der Waals surface area contributed by atoms with Gasteiger partial charge in [0.15, 0.2) is 11.5 Å². The van der Waals surface area contributed by atoms with Gasteiger partial charge in [-0.3, -0.25) is 13.9 Å². The van der Waals surface area contributed by atoms with Gasteiger partial charge in [-0.05, 0) is 72.5 Å². The summed E-state index contributed by atoms with van der Waals surface area (Å²) in [6.07, 6.45) is 4.85. The molecular weight excluding hydrogens is 716 g/mol. The molecule has 5 rings (SSSR count). The third-order valence-corrected chi connectivity index (χ3v) is 11.3. The van der Waals surface area contributed by atoms with E-state index in [0.717, 1.165) is 54.1 Å². The highest BCUT2D eigenvalue weighted by Gasteiger charge is 2.36. The number of amides is 2. The van der Waals surface area contributed by atoms with E-state index in [1.807, 2.05) is 30.3 Å². The molecule has 0 aliphatic heterocycles. The van der Waals surface area contributed by atoms with Crippen LogP contribution in [0, 0.1) is 5.82 Å². The zero-order chi connectivity index (χ0) is 36.5. The number of carbonyl (C=O) groups is 2. The number of methoxy groups -OCH3 is 2. The van der Waals surface area contributed by atoms with E-state index in [1.54, 1.807) is 18.2 Å². The maximum atomic E-state index is 14.8. The van der Waals surface area contributed by atoms with Gasteiger partial charge in [0.2, 0.25) is 11.8 Å². The number of sulfonamides is 1. The molecule has 1 fully saturated rings. The Morgan fingerprint density at radius 1 is 0.882 bits per heavy atom. The largest absolute Gasteiger partial charge is 0.493 e. The summed E-state index contributed by atoms with van der Waals surface area (Å²) in [5.41, 5.74) is 1.35. The monoisotopic (exact) mass is 755 g/mol. The Labute approximate surface area is 308 Å². The van der Waals surface area contributed by atoms with Gasteiger partial charge in [-0.15, -0.1) is 0 Å². The van der Waals surface area contributed by atoms with Crippen molar-refractivity contribution in [1.29, 1.82) is 0 Å². The van der Waals surface area contributed by atoms with Crippen molar-refractivity contribution in [2.24, 2.45) is 0 Å². The van der Waals surface area contributed by atoms with Crippen molar-refractivity contribution in [3.8, 4) is 11.5 Å².